The van der Waals surface area contributed by atoms with Crippen molar-refractivity contribution in [1.82, 2.24) is 5.32 Å². The summed E-state index contributed by atoms with van der Waals surface area (Å²) in [6.07, 6.45) is 5.92. The van der Waals surface area contributed by atoms with Gasteiger partial charge in [-0.3, -0.25) is 4.79 Å². The summed E-state index contributed by atoms with van der Waals surface area (Å²) in [7, 11) is 1.64. The number of nitrogens with two attached hydrogens (primary N) is 1. The van der Waals surface area contributed by atoms with Gasteiger partial charge in [0.15, 0.2) is 11.5 Å². The Balaban J connectivity index is 1.64. The summed E-state index contributed by atoms with van der Waals surface area (Å²) >= 11 is 0. The minimum Gasteiger partial charge on any atom is -0.493 e. The minimum atomic E-state index is -0.404. The quantitative estimate of drug-likeness (QED) is 0.789. The van der Waals surface area contributed by atoms with Crippen LogP contribution in [-0.2, 0) is 16.1 Å². The van der Waals surface area contributed by atoms with Gasteiger partial charge in [0.1, 0.15) is 6.10 Å². The van der Waals surface area contributed by atoms with Gasteiger partial charge in [-0.15, -0.1) is 0 Å². The number of carbonyl (C=O) groups is 1. The molecule has 1 aromatic rings. The van der Waals surface area contributed by atoms with Gasteiger partial charge in [0.25, 0.3) is 0 Å². The normalized spacial score (nSPS) is 23.6. The molecule has 0 unspecified atom stereocenters. The molecule has 2 atom stereocenters. The third-order valence-electron chi connectivity index (χ3n) is 4.98. The van der Waals surface area contributed by atoms with Crippen LogP contribution in [0.1, 0.15) is 44.1 Å². The van der Waals surface area contributed by atoms with Crippen molar-refractivity contribution in [3.8, 4) is 11.5 Å². The summed E-state index contributed by atoms with van der Waals surface area (Å²) in [4.78, 5) is 12.3. The summed E-state index contributed by atoms with van der Waals surface area (Å²) in [6.45, 7) is 0.851. The van der Waals surface area contributed by atoms with E-state index in [-0.39, 0.29) is 18.1 Å². The van der Waals surface area contributed by atoms with Crippen LogP contribution >= 0.6 is 0 Å². The molecule has 25 heavy (non-hydrogen) atoms. The van der Waals surface area contributed by atoms with Crippen LogP contribution in [-0.4, -0.2) is 37.9 Å². The summed E-state index contributed by atoms with van der Waals surface area (Å²) in [5, 5.41) is 2.96. The van der Waals surface area contributed by atoms with Gasteiger partial charge in [-0.2, -0.15) is 0 Å². The molecule has 1 aliphatic heterocycles. The highest BCUT2D eigenvalue weighted by atomic mass is 16.5. The van der Waals surface area contributed by atoms with Gasteiger partial charge in [0, 0.05) is 18.7 Å². The zero-order chi connectivity index (χ0) is 17.6. The topological polar surface area (TPSA) is 82.8 Å². The van der Waals surface area contributed by atoms with Gasteiger partial charge in [0.05, 0.1) is 19.3 Å². The van der Waals surface area contributed by atoms with Crippen LogP contribution in [0, 0.1) is 0 Å². The van der Waals surface area contributed by atoms with E-state index in [4.69, 9.17) is 19.9 Å². The number of benzene rings is 1. The molecule has 1 saturated carbocycles. The van der Waals surface area contributed by atoms with Crippen molar-refractivity contribution in [1.29, 1.82) is 0 Å². The number of carbonyl (C=O) groups excluding carboxylic acids is 1. The van der Waals surface area contributed by atoms with Gasteiger partial charge in [-0.1, -0.05) is 12.1 Å². The highest BCUT2D eigenvalue weighted by Gasteiger charge is 2.30. The van der Waals surface area contributed by atoms with Crippen molar-refractivity contribution < 1.29 is 19.0 Å². The van der Waals surface area contributed by atoms with Crippen LogP contribution in [0.25, 0.3) is 0 Å². The molecule has 1 heterocycles. The van der Waals surface area contributed by atoms with E-state index in [0.29, 0.717) is 18.8 Å². The first-order valence-electron chi connectivity index (χ1n) is 9.17. The smallest absolute Gasteiger partial charge is 0.249 e. The average Bonchev–Trinajstić information content (AvgIpc) is 3.32. The number of rotatable bonds is 7. The first-order chi connectivity index (χ1) is 12.2. The Morgan fingerprint density at radius 2 is 2.08 bits per heavy atom. The third-order valence-corrected chi connectivity index (χ3v) is 4.98. The second-order valence-electron chi connectivity index (χ2n) is 6.75. The molecular formula is C19H28N2O4. The fourth-order valence-electron chi connectivity index (χ4n) is 3.54. The number of para-hydroxylation sites is 1. The van der Waals surface area contributed by atoms with E-state index in [1.807, 2.05) is 18.2 Å². The van der Waals surface area contributed by atoms with Crippen LogP contribution in [0.15, 0.2) is 18.2 Å². The van der Waals surface area contributed by atoms with Crippen molar-refractivity contribution in [3.63, 3.8) is 0 Å². The minimum absolute atomic E-state index is 0.00571. The summed E-state index contributed by atoms with van der Waals surface area (Å²) in [5.41, 5.74) is 6.53. The maximum absolute atomic E-state index is 12.3. The number of amides is 1. The van der Waals surface area contributed by atoms with Crippen LogP contribution in [0.4, 0.5) is 0 Å². The molecule has 2 aliphatic rings. The Kier molecular flexibility index (Phi) is 6.15. The van der Waals surface area contributed by atoms with Gasteiger partial charge in [-0.25, -0.2) is 0 Å². The second-order valence-corrected chi connectivity index (χ2v) is 6.75. The zero-order valence-corrected chi connectivity index (χ0v) is 14.8. The van der Waals surface area contributed by atoms with Crippen LogP contribution in [0.2, 0.25) is 0 Å². The molecule has 3 N–H and O–H groups in total. The number of methoxy groups -OCH3 is 1. The number of hydrogen-bond donors (Lipinski definition) is 2. The first-order valence-corrected chi connectivity index (χ1v) is 9.17. The molecule has 0 aromatic heterocycles. The maximum Gasteiger partial charge on any atom is 0.249 e. The third kappa shape index (κ3) is 4.44. The van der Waals surface area contributed by atoms with E-state index in [0.717, 1.165) is 37.0 Å². The highest BCUT2D eigenvalue weighted by Crippen LogP contribution is 2.34. The molecule has 2 fully saturated rings. The largest absolute Gasteiger partial charge is 0.493 e. The van der Waals surface area contributed by atoms with Crippen molar-refractivity contribution in [2.45, 2.75) is 63.4 Å². The molecule has 138 valence electrons. The summed E-state index contributed by atoms with van der Waals surface area (Å²) < 4.78 is 17.3. The van der Waals surface area contributed by atoms with E-state index in [2.05, 4.69) is 5.32 Å². The van der Waals surface area contributed by atoms with Crippen LogP contribution in [0.5, 0.6) is 11.5 Å². The lowest BCUT2D eigenvalue weighted by molar-refractivity contribution is -0.132. The first kappa shape index (κ1) is 18.0. The fourth-order valence-corrected chi connectivity index (χ4v) is 3.54. The summed E-state index contributed by atoms with van der Waals surface area (Å²) in [5.74, 6) is 1.36. The Morgan fingerprint density at radius 1 is 1.28 bits per heavy atom. The molecule has 3 rings (SSSR count). The average molecular weight is 348 g/mol. The molecule has 1 amide bonds. The second kappa shape index (κ2) is 8.54. The predicted molar refractivity (Wildman–Crippen MR) is 94.7 cm³/mol. The lowest BCUT2D eigenvalue weighted by atomic mass is 10.1. The van der Waals surface area contributed by atoms with Gasteiger partial charge in [-0.05, 0) is 44.6 Å². The number of ether oxygens (including phenoxy) is 3. The standard InChI is InChI=1S/C19H28N2O4/c1-23-16-8-4-5-13(18(16)25-14-6-2-3-7-14)12-21-19(22)17-10-9-15(11-20)24-17/h4-5,8,14-15,17H,2-3,6-7,9-12,20H2,1H3,(H,21,22)/t15-,17+/m1/s1. The van der Waals surface area contributed by atoms with Gasteiger partial charge in [0.2, 0.25) is 5.91 Å². The lowest BCUT2D eigenvalue weighted by Crippen LogP contribution is -2.35. The van der Waals surface area contributed by atoms with E-state index in [1.165, 1.54) is 12.8 Å². The molecule has 1 aliphatic carbocycles. The van der Waals surface area contributed by atoms with Crippen LogP contribution < -0.4 is 20.5 Å². The molecule has 0 radical (unpaired) electrons. The molecule has 1 saturated heterocycles. The van der Waals surface area contributed by atoms with Gasteiger partial charge < -0.3 is 25.3 Å². The predicted octanol–water partition coefficient (Wildman–Crippen LogP) is 2.14. The zero-order valence-electron chi connectivity index (χ0n) is 14.8. The maximum atomic E-state index is 12.3. The lowest BCUT2D eigenvalue weighted by Gasteiger charge is -2.20. The molecule has 6 heteroatoms. The van der Waals surface area contributed by atoms with E-state index in [1.54, 1.807) is 7.11 Å². The van der Waals surface area contributed by atoms with Crippen molar-refractivity contribution in [2.75, 3.05) is 13.7 Å². The highest BCUT2D eigenvalue weighted by molar-refractivity contribution is 5.81. The van der Waals surface area contributed by atoms with E-state index >= 15 is 0 Å². The van der Waals surface area contributed by atoms with Crippen LogP contribution in [0.3, 0.4) is 0 Å². The number of hydrogen-bond acceptors (Lipinski definition) is 5. The van der Waals surface area contributed by atoms with Gasteiger partial charge >= 0.3 is 0 Å². The SMILES string of the molecule is COc1cccc(CNC(=O)[C@@H]2CC[C@H](CN)O2)c1OC1CCCC1. The van der Waals surface area contributed by atoms with E-state index < -0.39 is 6.10 Å². The summed E-state index contributed by atoms with van der Waals surface area (Å²) in [6, 6.07) is 5.77. The van der Waals surface area contributed by atoms with Crippen molar-refractivity contribution >= 4 is 5.91 Å². The monoisotopic (exact) mass is 348 g/mol. The molecular weight excluding hydrogens is 320 g/mol. The number of nitrogens with one attached hydrogen (secondary N) is 1. The Morgan fingerprint density at radius 3 is 2.76 bits per heavy atom. The fraction of sp³-hybridized carbons (Fsp3) is 0.632. The van der Waals surface area contributed by atoms with Crippen molar-refractivity contribution in [3.05, 3.63) is 23.8 Å². The molecule has 1 aromatic carbocycles. The van der Waals surface area contributed by atoms with E-state index in [9.17, 15) is 4.79 Å². The molecule has 0 spiro atoms. The Bertz CT molecular complexity index is 587. The molecule has 6 nitrogen and oxygen atoms in total. The van der Waals surface area contributed by atoms with Crippen molar-refractivity contribution in [2.24, 2.45) is 5.73 Å². The Hall–Kier alpha value is -1.79. The molecule has 0 bridgehead atoms. The Labute approximate surface area is 149 Å².